The minimum Gasteiger partial charge on any atom is -0.298 e. The maximum absolute atomic E-state index is 12.3. The van der Waals surface area contributed by atoms with Crippen LogP contribution in [0.1, 0.15) is 29.9 Å². The van der Waals surface area contributed by atoms with Crippen LogP contribution in [0, 0.1) is 0 Å². The normalized spacial score (nSPS) is 19.2. The molecule has 1 atom stereocenters. The van der Waals surface area contributed by atoms with E-state index in [4.69, 9.17) is 0 Å². The average molecular weight is 359 g/mol. The first-order valence-electron chi connectivity index (χ1n) is 8.60. The Morgan fingerprint density at radius 3 is 2.68 bits per heavy atom. The van der Waals surface area contributed by atoms with E-state index in [0.717, 1.165) is 31.6 Å². The van der Waals surface area contributed by atoms with Crippen molar-refractivity contribution in [2.75, 3.05) is 27.2 Å². The molecule has 2 aromatic rings. The highest BCUT2D eigenvalue weighted by atomic mass is 32.2. The van der Waals surface area contributed by atoms with Crippen molar-refractivity contribution in [1.82, 2.24) is 14.2 Å². The van der Waals surface area contributed by atoms with Crippen LogP contribution in [0.4, 0.5) is 0 Å². The quantitative estimate of drug-likeness (QED) is 0.824. The molecule has 0 amide bonds. The van der Waals surface area contributed by atoms with E-state index >= 15 is 0 Å². The summed E-state index contributed by atoms with van der Waals surface area (Å²) in [4.78, 5) is 6.87. The van der Waals surface area contributed by atoms with Crippen molar-refractivity contribution < 1.29 is 8.42 Å². The van der Waals surface area contributed by atoms with Crippen LogP contribution in [0.2, 0.25) is 0 Å². The zero-order chi connectivity index (χ0) is 17.9. The Kier molecular flexibility index (Phi) is 5.51. The molecule has 0 bridgehead atoms. The van der Waals surface area contributed by atoms with Crippen molar-refractivity contribution >= 4 is 10.0 Å². The monoisotopic (exact) mass is 359 g/mol. The van der Waals surface area contributed by atoms with Crippen LogP contribution in [0.15, 0.2) is 53.7 Å². The second kappa shape index (κ2) is 7.64. The van der Waals surface area contributed by atoms with Gasteiger partial charge in [-0.3, -0.25) is 9.88 Å². The Balaban J connectivity index is 1.72. The second-order valence-corrected chi connectivity index (χ2v) is 8.94. The van der Waals surface area contributed by atoms with Gasteiger partial charge in [-0.05, 0) is 60.7 Å². The van der Waals surface area contributed by atoms with E-state index in [9.17, 15) is 8.42 Å². The van der Waals surface area contributed by atoms with Crippen molar-refractivity contribution in [2.24, 2.45) is 0 Å². The maximum Gasteiger partial charge on any atom is 0.242 e. The van der Waals surface area contributed by atoms with Gasteiger partial charge in [0, 0.05) is 39.6 Å². The zero-order valence-corrected chi connectivity index (χ0v) is 15.6. The molecule has 3 rings (SSSR count). The summed E-state index contributed by atoms with van der Waals surface area (Å²) in [7, 11) is -0.263. The predicted molar refractivity (Wildman–Crippen MR) is 98.8 cm³/mol. The van der Waals surface area contributed by atoms with E-state index in [1.807, 2.05) is 24.5 Å². The summed E-state index contributed by atoms with van der Waals surface area (Å²) in [5.41, 5.74) is 2.38. The summed E-state index contributed by atoms with van der Waals surface area (Å²) < 4.78 is 25.9. The Morgan fingerprint density at radius 2 is 1.96 bits per heavy atom. The van der Waals surface area contributed by atoms with Crippen LogP contribution >= 0.6 is 0 Å². The Labute approximate surface area is 150 Å². The lowest BCUT2D eigenvalue weighted by atomic mass is 9.91. The molecule has 5 nitrogen and oxygen atoms in total. The first-order chi connectivity index (χ1) is 12.0. The lowest BCUT2D eigenvalue weighted by Crippen LogP contribution is -2.34. The molecule has 1 saturated heterocycles. The van der Waals surface area contributed by atoms with E-state index in [1.165, 1.54) is 16.3 Å². The van der Waals surface area contributed by atoms with Gasteiger partial charge in [0.25, 0.3) is 0 Å². The molecule has 0 spiro atoms. The number of likely N-dealkylation sites (tertiary alicyclic amines) is 1. The van der Waals surface area contributed by atoms with Crippen LogP contribution in [0.3, 0.4) is 0 Å². The smallest absolute Gasteiger partial charge is 0.242 e. The Hall–Kier alpha value is -1.76. The van der Waals surface area contributed by atoms with E-state index in [1.54, 1.807) is 26.2 Å². The average Bonchev–Trinajstić information content (AvgIpc) is 2.63. The van der Waals surface area contributed by atoms with Gasteiger partial charge in [-0.1, -0.05) is 12.1 Å². The standard InChI is InChI=1S/C19H25N3O2S/c1-21(2)25(23,24)19-7-3-5-16(13-19)14-22-12-4-6-18(15-22)17-8-10-20-11-9-17/h3,5,7-11,13,18H,4,6,12,14-15H2,1-2H3. The highest BCUT2D eigenvalue weighted by Crippen LogP contribution is 2.27. The first-order valence-corrected chi connectivity index (χ1v) is 10.0. The highest BCUT2D eigenvalue weighted by Gasteiger charge is 2.22. The summed E-state index contributed by atoms with van der Waals surface area (Å²) in [5.74, 6) is 0.519. The van der Waals surface area contributed by atoms with Crippen LogP contribution in [-0.2, 0) is 16.6 Å². The number of piperidine rings is 1. The molecule has 1 aromatic heterocycles. The molecule has 25 heavy (non-hydrogen) atoms. The molecule has 0 saturated carbocycles. The number of hydrogen-bond acceptors (Lipinski definition) is 4. The van der Waals surface area contributed by atoms with Crippen LogP contribution in [-0.4, -0.2) is 49.8 Å². The Morgan fingerprint density at radius 1 is 1.20 bits per heavy atom. The molecule has 0 aliphatic carbocycles. The molecular formula is C19H25N3O2S. The number of nitrogens with zero attached hydrogens (tertiary/aromatic N) is 3. The van der Waals surface area contributed by atoms with Gasteiger partial charge in [0.1, 0.15) is 0 Å². The second-order valence-electron chi connectivity index (χ2n) is 6.79. The van der Waals surface area contributed by atoms with Crippen molar-refractivity contribution in [1.29, 1.82) is 0 Å². The molecule has 6 heteroatoms. The molecular weight excluding hydrogens is 334 g/mol. The predicted octanol–water partition coefficient (Wildman–Crippen LogP) is 2.71. The number of benzene rings is 1. The zero-order valence-electron chi connectivity index (χ0n) is 14.8. The lowest BCUT2D eigenvalue weighted by Gasteiger charge is -2.33. The van der Waals surface area contributed by atoms with Crippen molar-refractivity contribution in [2.45, 2.75) is 30.2 Å². The van der Waals surface area contributed by atoms with Crippen molar-refractivity contribution in [3.05, 3.63) is 59.9 Å². The third kappa shape index (κ3) is 4.26. The molecule has 0 N–H and O–H groups in total. The minimum absolute atomic E-state index is 0.359. The minimum atomic E-state index is -3.39. The molecule has 1 aliphatic rings. The highest BCUT2D eigenvalue weighted by molar-refractivity contribution is 7.89. The van der Waals surface area contributed by atoms with Gasteiger partial charge < -0.3 is 0 Å². The number of aromatic nitrogens is 1. The van der Waals surface area contributed by atoms with Gasteiger partial charge in [0.15, 0.2) is 0 Å². The fourth-order valence-corrected chi connectivity index (χ4v) is 4.35. The molecule has 1 unspecified atom stereocenters. The van der Waals surface area contributed by atoms with Gasteiger partial charge in [-0.15, -0.1) is 0 Å². The van der Waals surface area contributed by atoms with Gasteiger partial charge in [0.05, 0.1) is 4.90 Å². The molecule has 2 heterocycles. The van der Waals surface area contributed by atoms with Crippen molar-refractivity contribution in [3.8, 4) is 0 Å². The van der Waals surface area contributed by atoms with E-state index in [0.29, 0.717) is 10.8 Å². The Bertz CT molecular complexity index is 806. The van der Waals surface area contributed by atoms with Crippen molar-refractivity contribution in [3.63, 3.8) is 0 Å². The number of pyridine rings is 1. The third-order valence-electron chi connectivity index (χ3n) is 4.77. The number of sulfonamides is 1. The number of hydrogen-bond donors (Lipinski definition) is 0. The van der Waals surface area contributed by atoms with Gasteiger partial charge in [0.2, 0.25) is 10.0 Å². The summed E-state index contributed by atoms with van der Waals surface area (Å²) in [6.07, 6.45) is 6.05. The fourth-order valence-electron chi connectivity index (χ4n) is 3.38. The maximum atomic E-state index is 12.3. The molecule has 1 aromatic carbocycles. The van der Waals surface area contributed by atoms with E-state index in [-0.39, 0.29) is 0 Å². The van der Waals surface area contributed by atoms with Crippen LogP contribution in [0.5, 0.6) is 0 Å². The lowest BCUT2D eigenvalue weighted by molar-refractivity contribution is 0.200. The SMILES string of the molecule is CN(C)S(=O)(=O)c1cccc(CN2CCCC(c3ccncc3)C2)c1. The molecule has 1 fully saturated rings. The van der Waals surface area contributed by atoms with E-state index < -0.39 is 10.0 Å². The van der Waals surface area contributed by atoms with Gasteiger partial charge >= 0.3 is 0 Å². The largest absolute Gasteiger partial charge is 0.298 e. The third-order valence-corrected chi connectivity index (χ3v) is 6.58. The van der Waals surface area contributed by atoms with Gasteiger partial charge in [-0.2, -0.15) is 0 Å². The molecule has 0 radical (unpaired) electrons. The van der Waals surface area contributed by atoms with Crippen LogP contribution in [0.25, 0.3) is 0 Å². The summed E-state index contributed by atoms with van der Waals surface area (Å²) in [5, 5.41) is 0. The fraction of sp³-hybridized carbons (Fsp3) is 0.421. The van der Waals surface area contributed by atoms with Gasteiger partial charge in [-0.25, -0.2) is 12.7 Å². The van der Waals surface area contributed by atoms with E-state index in [2.05, 4.69) is 22.0 Å². The summed E-state index contributed by atoms with van der Waals surface area (Å²) in [6.45, 7) is 2.82. The summed E-state index contributed by atoms with van der Waals surface area (Å²) >= 11 is 0. The number of rotatable bonds is 5. The summed E-state index contributed by atoms with van der Waals surface area (Å²) in [6, 6.07) is 11.5. The molecule has 134 valence electrons. The first kappa shape index (κ1) is 18.0. The molecule has 1 aliphatic heterocycles. The topological polar surface area (TPSA) is 53.5 Å². The van der Waals surface area contributed by atoms with Crippen LogP contribution < -0.4 is 0 Å².